The number of halogens is 2. The maximum Gasteiger partial charge on any atom is 0.297 e. The number of para-hydroxylation sites is 1. The summed E-state index contributed by atoms with van der Waals surface area (Å²) in [6.45, 7) is 3.47. The van der Waals surface area contributed by atoms with Crippen LogP contribution in [0.5, 0.6) is 0 Å². The zero-order valence-corrected chi connectivity index (χ0v) is 22.0. The van der Waals surface area contributed by atoms with E-state index in [-0.39, 0.29) is 39.5 Å². The SMILES string of the molecule is Cc1nc(N2C(=O)c3oc4ccc(F)cc4c(=O)c3C23C(=O)N(Cc2ccccc2F)c2ccccc23)sc1C. The molecule has 2 amide bonds. The van der Waals surface area contributed by atoms with Crippen molar-refractivity contribution >= 4 is 44.9 Å². The molecule has 0 aliphatic carbocycles. The van der Waals surface area contributed by atoms with Crippen LogP contribution >= 0.6 is 11.3 Å². The second kappa shape index (κ2) is 8.40. The number of rotatable bonds is 3. The number of aryl methyl sites for hydroxylation is 2. The third-order valence-electron chi connectivity index (χ3n) is 7.58. The molecule has 0 bridgehead atoms. The predicted molar refractivity (Wildman–Crippen MR) is 146 cm³/mol. The van der Waals surface area contributed by atoms with E-state index in [1.807, 2.05) is 6.92 Å². The van der Waals surface area contributed by atoms with Crippen LogP contribution in [0, 0.1) is 25.5 Å². The number of anilines is 2. The number of thiazole rings is 1. The van der Waals surface area contributed by atoms with E-state index in [1.165, 1.54) is 33.3 Å². The first-order valence-electron chi connectivity index (χ1n) is 12.4. The predicted octanol–water partition coefficient (Wildman–Crippen LogP) is 5.60. The van der Waals surface area contributed by atoms with Crippen LogP contribution in [0.1, 0.15) is 37.8 Å². The van der Waals surface area contributed by atoms with Gasteiger partial charge in [-0.15, -0.1) is 11.3 Å². The highest BCUT2D eigenvalue weighted by Crippen LogP contribution is 2.55. The molecule has 40 heavy (non-hydrogen) atoms. The Labute approximate surface area is 229 Å². The monoisotopic (exact) mass is 555 g/mol. The van der Waals surface area contributed by atoms with Crippen molar-refractivity contribution in [1.82, 2.24) is 4.98 Å². The van der Waals surface area contributed by atoms with Gasteiger partial charge < -0.3 is 9.32 Å². The summed E-state index contributed by atoms with van der Waals surface area (Å²) in [4.78, 5) is 51.1. The summed E-state index contributed by atoms with van der Waals surface area (Å²) < 4.78 is 35.0. The van der Waals surface area contributed by atoms with Crippen molar-refractivity contribution in [2.75, 3.05) is 9.80 Å². The highest BCUT2D eigenvalue weighted by Gasteiger charge is 2.66. The van der Waals surface area contributed by atoms with E-state index in [4.69, 9.17) is 4.42 Å². The Hall–Kier alpha value is -4.70. The first-order valence-corrected chi connectivity index (χ1v) is 13.3. The lowest BCUT2D eigenvalue weighted by Gasteiger charge is -2.32. The van der Waals surface area contributed by atoms with Gasteiger partial charge in [0.2, 0.25) is 5.76 Å². The molecular formula is C30H19F2N3O4S. The van der Waals surface area contributed by atoms with Crippen molar-refractivity contribution in [3.63, 3.8) is 0 Å². The molecule has 198 valence electrons. The van der Waals surface area contributed by atoms with Crippen molar-refractivity contribution in [2.45, 2.75) is 25.9 Å². The van der Waals surface area contributed by atoms with Gasteiger partial charge in [-0.1, -0.05) is 36.4 Å². The van der Waals surface area contributed by atoms with Crippen LogP contribution in [0.2, 0.25) is 0 Å². The number of amides is 2. The van der Waals surface area contributed by atoms with E-state index in [9.17, 15) is 23.2 Å². The average Bonchev–Trinajstić information content (AvgIpc) is 3.49. The number of aromatic nitrogens is 1. The fraction of sp³-hybridized carbons (Fsp3) is 0.133. The van der Waals surface area contributed by atoms with Crippen molar-refractivity contribution in [3.8, 4) is 0 Å². The average molecular weight is 556 g/mol. The molecule has 2 aliphatic heterocycles. The van der Waals surface area contributed by atoms with Gasteiger partial charge in [0.05, 0.1) is 28.9 Å². The van der Waals surface area contributed by atoms with Gasteiger partial charge in [-0.25, -0.2) is 13.8 Å². The van der Waals surface area contributed by atoms with Crippen LogP contribution in [0.25, 0.3) is 11.0 Å². The summed E-state index contributed by atoms with van der Waals surface area (Å²) in [5, 5.41) is 0.106. The van der Waals surface area contributed by atoms with Gasteiger partial charge in [-0.2, -0.15) is 0 Å². The highest BCUT2D eigenvalue weighted by atomic mass is 32.1. The number of hydrogen-bond donors (Lipinski definition) is 0. The Kier molecular flexibility index (Phi) is 5.11. The fourth-order valence-electron chi connectivity index (χ4n) is 5.64. The summed E-state index contributed by atoms with van der Waals surface area (Å²) in [5.74, 6) is -2.84. The summed E-state index contributed by atoms with van der Waals surface area (Å²) in [5.41, 5.74) is -1.22. The molecule has 7 nitrogen and oxygen atoms in total. The van der Waals surface area contributed by atoms with Gasteiger partial charge in [0.25, 0.3) is 11.8 Å². The maximum absolute atomic E-state index is 14.8. The lowest BCUT2D eigenvalue weighted by atomic mass is 9.84. The molecule has 0 N–H and O–H groups in total. The standard InChI is InChI=1S/C30H19F2N3O4S/c1-15-16(2)40-29(33-15)35-27(37)26-24(25(36)19-13-18(31)11-12-23(19)39-26)30(35)20-8-4-6-10-22(20)34(28(30)38)14-17-7-3-5-9-21(17)32/h3-13H,14H2,1-2H3. The Morgan fingerprint density at radius 2 is 1.73 bits per heavy atom. The van der Waals surface area contributed by atoms with Crippen LogP contribution in [-0.4, -0.2) is 16.8 Å². The first-order chi connectivity index (χ1) is 19.2. The quantitative estimate of drug-likeness (QED) is 0.290. The minimum Gasteiger partial charge on any atom is -0.450 e. The number of benzene rings is 3. The maximum atomic E-state index is 14.8. The van der Waals surface area contributed by atoms with Crippen molar-refractivity contribution in [3.05, 3.63) is 122 Å². The zero-order chi connectivity index (χ0) is 27.9. The van der Waals surface area contributed by atoms with E-state index in [0.717, 1.165) is 17.0 Å². The van der Waals surface area contributed by atoms with E-state index in [0.29, 0.717) is 16.9 Å². The van der Waals surface area contributed by atoms with Crippen LogP contribution in [0.15, 0.2) is 75.9 Å². The third-order valence-corrected chi connectivity index (χ3v) is 8.64. The van der Waals surface area contributed by atoms with Gasteiger partial charge in [-0.3, -0.25) is 19.3 Å². The largest absolute Gasteiger partial charge is 0.450 e. The molecule has 10 heteroatoms. The lowest BCUT2D eigenvalue weighted by Crippen LogP contribution is -2.53. The molecule has 1 unspecified atom stereocenters. The normalized spacial score (nSPS) is 17.8. The second-order valence-corrected chi connectivity index (χ2v) is 10.9. The highest BCUT2D eigenvalue weighted by molar-refractivity contribution is 7.16. The third kappa shape index (κ3) is 3.07. The number of fused-ring (bicyclic) bond motifs is 5. The van der Waals surface area contributed by atoms with E-state index in [2.05, 4.69) is 4.98 Å². The molecule has 3 aromatic carbocycles. The molecule has 0 fully saturated rings. The fourth-order valence-corrected chi connectivity index (χ4v) is 6.60. The van der Waals surface area contributed by atoms with E-state index < -0.39 is 34.4 Å². The number of nitrogens with zero attached hydrogens (tertiary/aromatic N) is 3. The summed E-state index contributed by atoms with van der Waals surface area (Å²) in [6.07, 6.45) is 0. The zero-order valence-electron chi connectivity index (χ0n) is 21.2. The Balaban J connectivity index is 1.58. The van der Waals surface area contributed by atoms with Crippen LogP contribution in [0.4, 0.5) is 19.6 Å². The summed E-state index contributed by atoms with van der Waals surface area (Å²) in [7, 11) is 0. The molecule has 1 atom stereocenters. The number of carbonyl (C=O) groups is 2. The molecule has 0 saturated heterocycles. The molecule has 0 radical (unpaired) electrons. The second-order valence-electron chi connectivity index (χ2n) is 9.76. The topological polar surface area (TPSA) is 83.7 Å². The van der Waals surface area contributed by atoms with E-state index >= 15 is 0 Å². The van der Waals surface area contributed by atoms with Crippen LogP contribution in [-0.2, 0) is 16.9 Å². The minimum atomic E-state index is -1.99. The molecule has 2 aliphatic rings. The summed E-state index contributed by atoms with van der Waals surface area (Å²) in [6, 6.07) is 16.3. The molecular weight excluding hydrogens is 536 g/mol. The van der Waals surface area contributed by atoms with Gasteiger partial charge in [0.1, 0.15) is 17.2 Å². The lowest BCUT2D eigenvalue weighted by molar-refractivity contribution is -0.121. The summed E-state index contributed by atoms with van der Waals surface area (Å²) >= 11 is 1.20. The van der Waals surface area contributed by atoms with Crippen LogP contribution in [0.3, 0.4) is 0 Å². The molecule has 0 saturated carbocycles. The Bertz CT molecular complexity index is 1960. The molecule has 5 aromatic rings. The van der Waals surface area contributed by atoms with E-state index in [1.54, 1.807) is 49.4 Å². The van der Waals surface area contributed by atoms with Crippen molar-refractivity contribution in [2.24, 2.45) is 0 Å². The van der Waals surface area contributed by atoms with Gasteiger partial charge >= 0.3 is 0 Å². The Morgan fingerprint density at radius 3 is 2.48 bits per heavy atom. The molecule has 7 rings (SSSR count). The van der Waals surface area contributed by atoms with Crippen LogP contribution < -0.4 is 15.2 Å². The number of hydrogen-bond acceptors (Lipinski definition) is 6. The Morgan fingerprint density at radius 1 is 0.975 bits per heavy atom. The number of carbonyl (C=O) groups excluding carboxylic acids is 2. The molecule has 1 spiro atoms. The minimum absolute atomic E-state index is 0.0175. The smallest absolute Gasteiger partial charge is 0.297 e. The van der Waals surface area contributed by atoms with Crippen molar-refractivity contribution < 1.29 is 22.8 Å². The molecule has 4 heterocycles. The van der Waals surface area contributed by atoms with Gasteiger partial charge in [-0.05, 0) is 44.2 Å². The molecule has 2 aromatic heterocycles. The van der Waals surface area contributed by atoms with Crippen molar-refractivity contribution in [1.29, 1.82) is 0 Å². The van der Waals surface area contributed by atoms with Gasteiger partial charge in [0, 0.05) is 16.0 Å². The first kappa shape index (κ1) is 24.3. The van der Waals surface area contributed by atoms with Gasteiger partial charge in [0.15, 0.2) is 16.1 Å².